The number of nitrogens with one attached hydrogen (secondary N) is 1. The summed E-state index contributed by atoms with van der Waals surface area (Å²) >= 11 is 0. The zero-order valence-corrected chi connectivity index (χ0v) is 10.6. The van der Waals surface area contributed by atoms with Crippen LogP contribution in [0.3, 0.4) is 0 Å². The molecule has 0 bridgehead atoms. The molecule has 0 unspecified atom stereocenters. The quantitative estimate of drug-likeness (QED) is 0.777. The molecule has 1 heterocycles. The van der Waals surface area contributed by atoms with E-state index in [1.807, 2.05) is 13.8 Å². The second-order valence-electron chi connectivity index (χ2n) is 3.72. The largest absolute Gasteiger partial charge is 0.394 e. The molecule has 92 valence electrons. The van der Waals surface area contributed by atoms with Crippen molar-refractivity contribution < 1.29 is 8.42 Å². The van der Waals surface area contributed by atoms with Crippen molar-refractivity contribution in [3.63, 3.8) is 0 Å². The van der Waals surface area contributed by atoms with Crippen molar-refractivity contribution in [3.05, 3.63) is 5.69 Å². The Balaban J connectivity index is 2.73. The van der Waals surface area contributed by atoms with Crippen LogP contribution in [0.5, 0.6) is 0 Å². The number of nitrogen functional groups attached to an aromatic ring is 1. The first-order valence-electron chi connectivity index (χ1n) is 5.09. The zero-order valence-electron chi connectivity index (χ0n) is 9.82. The SMILES string of the molecule is CCn1nc(C)c(N)c1NCCS(C)(=O)=O. The Bertz CT molecular complexity index is 464. The molecule has 0 amide bonds. The number of sulfone groups is 1. The normalized spacial score (nSPS) is 11.7. The highest BCUT2D eigenvalue weighted by Crippen LogP contribution is 2.21. The molecule has 0 atom stereocenters. The summed E-state index contributed by atoms with van der Waals surface area (Å²) < 4.78 is 23.7. The third-order valence-corrected chi connectivity index (χ3v) is 3.18. The van der Waals surface area contributed by atoms with E-state index in [2.05, 4.69) is 10.4 Å². The Morgan fingerprint density at radius 2 is 2.12 bits per heavy atom. The lowest BCUT2D eigenvalue weighted by Crippen LogP contribution is -2.17. The maximum Gasteiger partial charge on any atom is 0.149 e. The van der Waals surface area contributed by atoms with Crippen LogP contribution >= 0.6 is 0 Å². The van der Waals surface area contributed by atoms with E-state index in [-0.39, 0.29) is 5.75 Å². The minimum atomic E-state index is -2.95. The standard InChI is InChI=1S/C9H18N4O2S/c1-4-13-9(8(10)7(2)12-13)11-5-6-16(3,14)15/h11H,4-6,10H2,1-3H3. The molecule has 7 heteroatoms. The Kier molecular flexibility index (Phi) is 3.79. The second kappa shape index (κ2) is 4.73. The lowest BCUT2D eigenvalue weighted by Gasteiger charge is -2.08. The van der Waals surface area contributed by atoms with Gasteiger partial charge in [0.25, 0.3) is 0 Å². The van der Waals surface area contributed by atoms with Crippen molar-refractivity contribution in [1.82, 2.24) is 9.78 Å². The molecule has 0 spiro atoms. The molecule has 0 aromatic carbocycles. The number of hydrogen-bond acceptors (Lipinski definition) is 5. The van der Waals surface area contributed by atoms with Crippen molar-refractivity contribution >= 4 is 21.3 Å². The molecule has 0 aliphatic carbocycles. The minimum Gasteiger partial charge on any atom is -0.394 e. The Labute approximate surface area is 95.7 Å². The van der Waals surface area contributed by atoms with E-state index in [1.54, 1.807) is 4.68 Å². The summed E-state index contributed by atoms with van der Waals surface area (Å²) in [6.45, 7) is 4.81. The molecule has 0 fully saturated rings. The summed E-state index contributed by atoms with van der Waals surface area (Å²) in [4.78, 5) is 0. The molecule has 0 aliphatic heterocycles. The molecule has 0 saturated carbocycles. The van der Waals surface area contributed by atoms with Gasteiger partial charge in [-0.2, -0.15) is 5.10 Å². The third-order valence-electron chi connectivity index (χ3n) is 2.24. The zero-order chi connectivity index (χ0) is 12.3. The average Bonchev–Trinajstić information content (AvgIpc) is 2.43. The van der Waals surface area contributed by atoms with Crippen molar-refractivity contribution in [2.45, 2.75) is 20.4 Å². The maximum absolute atomic E-state index is 11.0. The van der Waals surface area contributed by atoms with E-state index >= 15 is 0 Å². The Morgan fingerprint density at radius 3 is 2.62 bits per heavy atom. The van der Waals surface area contributed by atoms with Crippen LogP contribution in [0.1, 0.15) is 12.6 Å². The third kappa shape index (κ3) is 3.13. The van der Waals surface area contributed by atoms with Gasteiger partial charge in [0.05, 0.1) is 17.1 Å². The molecular formula is C9H18N4O2S. The van der Waals surface area contributed by atoms with E-state index in [0.29, 0.717) is 24.6 Å². The van der Waals surface area contributed by atoms with Gasteiger partial charge in [-0.25, -0.2) is 13.1 Å². The summed E-state index contributed by atoms with van der Waals surface area (Å²) in [6.07, 6.45) is 1.21. The summed E-state index contributed by atoms with van der Waals surface area (Å²) in [6, 6.07) is 0. The van der Waals surface area contributed by atoms with Crippen LogP contribution < -0.4 is 11.1 Å². The van der Waals surface area contributed by atoms with Gasteiger partial charge in [-0.15, -0.1) is 0 Å². The highest BCUT2D eigenvalue weighted by Gasteiger charge is 2.11. The second-order valence-corrected chi connectivity index (χ2v) is 5.98. The minimum absolute atomic E-state index is 0.0837. The lowest BCUT2D eigenvalue weighted by molar-refractivity contribution is 0.602. The number of hydrogen-bond donors (Lipinski definition) is 2. The van der Waals surface area contributed by atoms with Gasteiger partial charge in [0.15, 0.2) is 0 Å². The topological polar surface area (TPSA) is 90.0 Å². The van der Waals surface area contributed by atoms with Gasteiger partial charge in [0, 0.05) is 19.3 Å². The van der Waals surface area contributed by atoms with Crippen LogP contribution in [0.4, 0.5) is 11.5 Å². The van der Waals surface area contributed by atoms with Gasteiger partial charge >= 0.3 is 0 Å². The smallest absolute Gasteiger partial charge is 0.149 e. The molecule has 0 radical (unpaired) electrons. The number of aryl methyl sites for hydroxylation is 2. The first-order chi connectivity index (χ1) is 7.35. The number of nitrogens with two attached hydrogens (primary N) is 1. The molecule has 3 N–H and O–H groups in total. The van der Waals surface area contributed by atoms with Gasteiger partial charge in [-0.05, 0) is 13.8 Å². The van der Waals surface area contributed by atoms with Crippen LogP contribution in [0.25, 0.3) is 0 Å². The predicted molar refractivity (Wildman–Crippen MR) is 65.3 cm³/mol. The fraction of sp³-hybridized carbons (Fsp3) is 0.667. The Morgan fingerprint density at radius 1 is 1.50 bits per heavy atom. The summed E-state index contributed by atoms with van der Waals surface area (Å²) in [5.74, 6) is 0.782. The van der Waals surface area contributed by atoms with Crippen LogP contribution in [-0.2, 0) is 16.4 Å². The number of rotatable bonds is 5. The molecule has 0 saturated heterocycles. The van der Waals surface area contributed by atoms with E-state index in [0.717, 1.165) is 5.69 Å². The van der Waals surface area contributed by atoms with E-state index in [4.69, 9.17) is 5.73 Å². The fourth-order valence-corrected chi connectivity index (χ4v) is 1.84. The Hall–Kier alpha value is -1.24. The maximum atomic E-state index is 11.0. The van der Waals surface area contributed by atoms with Gasteiger partial charge in [0.1, 0.15) is 15.7 Å². The summed E-state index contributed by atoms with van der Waals surface area (Å²) in [5.41, 5.74) is 7.17. The fourth-order valence-electron chi connectivity index (χ4n) is 1.37. The van der Waals surface area contributed by atoms with Crippen LogP contribution in [-0.4, -0.2) is 36.8 Å². The van der Waals surface area contributed by atoms with Gasteiger partial charge in [-0.3, -0.25) is 0 Å². The molecule has 1 aromatic heterocycles. The summed E-state index contributed by atoms with van der Waals surface area (Å²) in [5, 5.41) is 7.23. The average molecular weight is 246 g/mol. The number of nitrogens with zero attached hydrogens (tertiary/aromatic N) is 2. The van der Waals surface area contributed by atoms with E-state index in [9.17, 15) is 8.42 Å². The molecular weight excluding hydrogens is 228 g/mol. The molecule has 1 rings (SSSR count). The van der Waals surface area contributed by atoms with Gasteiger partial charge in [0.2, 0.25) is 0 Å². The molecule has 6 nitrogen and oxygen atoms in total. The first-order valence-corrected chi connectivity index (χ1v) is 7.15. The number of aromatic nitrogens is 2. The first kappa shape index (κ1) is 12.8. The van der Waals surface area contributed by atoms with Gasteiger partial charge in [-0.1, -0.05) is 0 Å². The van der Waals surface area contributed by atoms with Crippen molar-refractivity contribution in [1.29, 1.82) is 0 Å². The van der Waals surface area contributed by atoms with Crippen LogP contribution in [0, 0.1) is 6.92 Å². The molecule has 0 aliphatic rings. The van der Waals surface area contributed by atoms with Crippen LogP contribution in [0.2, 0.25) is 0 Å². The van der Waals surface area contributed by atoms with Crippen molar-refractivity contribution in [2.24, 2.45) is 0 Å². The van der Waals surface area contributed by atoms with Crippen molar-refractivity contribution in [3.8, 4) is 0 Å². The van der Waals surface area contributed by atoms with Crippen molar-refractivity contribution in [2.75, 3.05) is 29.6 Å². The van der Waals surface area contributed by atoms with E-state index < -0.39 is 9.84 Å². The highest BCUT2D eigenvalue weighted by atomic mass is 32.2. The van der Waals surface area contributed by atoms with E-state index in [1.165, 1.54) is 6.26 Å². The molecule has 16 heavy (non-hydrogen) atoms. The monoisotopic (exact) mass is 246 g/mol. The number of anilines is 2. The summed E-state index contributed by atoms with van der Waals surface area (Å²) in [7, 11) is -2.95. The van der Waals surface area contributed by atoms with Gasteiger partial charge < -0.3 is 11.1 Å². The van der Waals surface area contributed by atoms with Crippen LogP contribution in [0.15, 0.2) is 0 Å². The molecule has 1 aromatic rings. The predicted octanol–water partition coefficient (Wildman–Crippen LogP) is 0.250. The lowest BCUT2D eigenvalue weighted by atomic mass is 10.4. The highest BCUT2D eigenvalue weighted by molar-refractivity contribution is 7.90.